The lowest BCUT2D eigenvalue weighted by Crippen LogP contribution is -2.40. The van der Waals surface area contributed by atoms with E-state index in [4.69, 9.17) is 0 Å². The summed E-state index contributed by atoms with van der Waals surface area (Å²) in [7, 11) is 0. The van der Waals surface area contributed by atoms with E-state index >= 15 is 0 Å². The van der Waals surface area contributed by atoms with Crippen LogP contribution in [0, 0.1) is 5.92 Å². The maximum atomic E-state index is 2.60. The number of hydrogen-bond donors (Lipinski definition) is 0. The Morgan fingerprint density at radius 2 is 1.23 bits per heavy atom. The predicted molar refractivity (Wildman–Crippen MR) is 269 cm³/mol. The van der Waals surface area contributed by atoms with Gasteiger partial charge in [0.15, 0.2) is 0 Å². The molecular weight excluding hydrogens is 775 g/mol. The van der Waals surface area contributed by atoms with E-state index in [1.165, 1.54) is 83.8 Å². The van der Waals surface area contributed by atoms with E-state index < -0.39 is 0 Å². The molecule has 0 bridgehead atoms. The summed E-state index contributed by atoms with van der Waals surface area (Å²) in [5.74, 6) is 1.32. The van der Waals surface area contributed by atoms with Gasteiger partial charge in [-0.2, -0.15) is 0 Å². The molecule has 2 heterocycles. The molecule has 310 valence electrons. The van der Waals surface area contributed by atoms with Crippen molar-refractivity contribution >= 4 is 33.2 Å². The highest BCUT2D eigenvalue weighted by molar-refractivity contribution is 6.11. The molecule has 0 amide bonds. The zero-order valence-electron chi connectivity index (χ0n) is 36.2. The highest BCUT2D eigenvalue weighted by Gasteiger charge is 2.35. The van der Waals surface area contributed by atoms with Crippen molar-refractivity contribution in [3.63, 3.8) is 0 Å². The molecule has 5 unspecified atom stereocenters. The van der Waals surface area contributed by atoms with Crippen molar-refractivity contribution in [2.75, 3.05) is 9.80 Å². The van der Waals surface area contributed by atoms with Crippen LogP contribution in [0.15, 0.2) is 242 Å². The van der Waals surface area contributed by atoms with Gasteiger partial charge in [0.25, 0.3) is 0 Å². The van der Waals surface area contributed by atoms with Gasteiger partial charge in [0.2, 0.25) is 0 Å². The third-order valence-corrected chi connectivity index (χ3v) is 14.1. The van der Waals surface area contributed by atoms with Crippen molar-refractivity contribution in [3.8, 4) is 16.8 Å². The fraction of sp³-hybridized carbons (Fsp3) is 0.148. The highest BCUT2D eigenvalue weighted by Crippen LogP contribution is 2.47. The molecule has 12 rings (SSSR count). The lowest BCUT2D eigenvalue weighted by atomic mass is 9.84. The minimum Gasteiger partial charge on any atom is -0.332 e. The number of rotatable bonds is 7. The number of anilines is 2. The number of nitrogens with zero attached hydrogens (tertiary/aromatic N) is 3. The molecule has 0 saturated carbocycles. The second-order valence-electron chi connectivity index (χ2n) is 18.0. The van der Waals surface area contributed by atoms with Crippen LogP contribution in [0.25, 0.3) is 38.6 Å². The number of hydrogen-bond acceptors (Lipinski definition) is 2. The molecule has 7 aromatic rings. The normalized spacial score (nSPS) is 22.0. The molecule has 1 aromatic heterocycles. The van der Waals surface area contributed by atoms with E-state index in [0.717, 1.165) is 19.3 Å². The zero-order valence-corrected chi connectivity index (χ0v) is 36.2. The SMILES string of the molecule is CC1C=C(N2c3ccccc3-n3c4ccc(C5C=CC(N(C6=CCC(c7ccccc7)C=C6)c6ccc(-c7ccccc7)cc6)=CC5)cc4c4cccc(c43)C3C=CC=CC32)C=CC1. The van der Waals surface area contributed by atoms with E-state index in [-0.39, 0.29) is 17.9 Å². The smallest absolute Gasteiger partial charge is 0.0699 e. The van der Waals surface area contributed by atoms with Gasteiger partial charge in [-0.05, 0) is 108 Å². The molecule has 5 atom stereocenters. The molecule has 1 aliphatic heterocycles. The molecule has 0 spiro atoms. The molecule has 0 N–H and O–H groups in total. The molecule has 0 radical (unpaired) electrons. The first-order valence-electron chi connectivity index (χ1n) is 23.1. The number of benzene rings is 6. The number of aromatic nitrogens is 1. The predicted octanol–water partition coefficient (Wildman–Crippen LogP) is 15.4. The topological polar surface area (TPSA) is 11.4 Å². The van der Waals surface area contributed by atoms with Crippen molar-refractivity contribution in [2.24, 2.45) is 5.92 Å². The van der Waals surface area contributed by atoms with Crippen LogP contribution in [0.4, 0.5) is 11.4 Å². The quantitative estimate of drug-likeness (QED) is 0.159. The standard InChI is InChI=1S/C61H51N3/c1-42-14-12-19-52(40-42)63-57-23-9-8-20-53(57)54-21-13-22-55-56-41-48(32-39-58(56)64(61(54)55)60-25-11-10-24-59(60)63)47-30-37-51(38-31-47)62(49-33-26-45(27-34-49)43-15-4-2-5-16-43)50-35-28-46(29-36-50)44-17-6-3-7-18-44/h2-13,15-28,30,32-42,46-47,53,57H,14,29,31H2,1H3. The third kappa shape index (κ3) is 6.66. The molecule has 6 aromatic carbocycles. The fourth-order valence-corrected chi connectivity index (χ4v) is 10.9. The summed E-state index contributed by atoms with van der Waals surface area (Å²) in [5, 5.41) is 2.62. The van der Waals surface area contributed by atoms with Crippen LogP contribution in [-0.4, -0.2) is 10.6 Å². The monoisotopic (exact) mass is 825 g/mol. The molecule has 4 aliphatic carbocycles. The van der Waals surface area contributed by atoms with Gasteiger partial charge < -0.3 is 14.4 Å². The Balaban J connectivity index is 0.916. The Morgan fingerprint density at radius 1 is 0.547 bits per heavy atom. The maximum Gasteiger partial charge on any atom is 0.0699 e. The van der Waals surface area contributed by atoms with E-state index in [2.05, 4.69) is 246 Å². The van der Waals surface area contributed by atoms with E-state index in [9.17, 15) is 0 Å². The van der Waals surface area contributed by atoms with Gasteiger partial charge in [-0.15, -0.1) is 0 Å². The van der Waals surface area contributed by atoms with Crippen molar-refractivity contribution in [1.82, 2.24) is 4.57 Å². The van der Waals surface area contributed by atoms with Crippen molar-refractivity contribution < 1.29 is 0 Å². The maximum absolute atomic E-state index is 2.60. The second kappa shape index (κ2) is 16.1. The van der Waals surface area contributed by atoms with E-state index in [1.54, 1.807) is 0 Å². The second-order valence-corrected chi connectivity index (χ2v) is 18.0. The summed E-state index contributed by atoms with van der Waals surface area (Å²) in [6.45, 7) is 2.33. The van der Waals surface area contributed by atoms with Crippen molar-refractivity contribution in [2.45, 2.75) is 50.0 Å². The van der Waals surface area contributed by atoms with Crippen molar-refractivity contribution in [1.29, 1.82) is 0 Å². The van der Waals surface area contributed by atoms with Crippen LogP contribution in [-0.2, 0) is 0 Å². The Bertz CT molecular complexity index is 3170. The van der Waals surface area contributed by atoms with Crippen LogP contribution in [0.2, 0.25) is 0 Å². The molecule has 3 heteroatoms. The Hall–Kier alpha value is -7.36. The molecular formula is C61H51N3. The zero-order chi connectivity index (χ0) is 42.6. The molecule has 5 aliphatic rings. The Labute approximate surface area is 377 Å². The summed E-state index contributed by atoms with van der Waals surface area (Å²) >= 11 is 0. The molecule has 64 heavy (non-hydrogen) atoms. The lowest BCUT2D eigenvalue weighted by molar-refractivity contribution is 0.653. The molecule has 0 saturated heterocycles. The lowest BCUT2D eigenvalue weighted by Gasteiger charge is -2.41. The molecule has 3 nitrogen and oxygen atoms in total. The number of allylic oxidation sites excluding steroid dienone is 11. The first-order chi connectivity index (χ1) is 31.7. The van der Waals surface area contributed by atoms with E-state index in [1.807, 2.05) is 0 Å². The minimum absolute atomic E-state index is 0.153. The Kier molecular flexibility index (Phi) is 9.63. The average Bonchev–Trinajstić information content (AvgIpc) is 3.69. The fourth-order valence-electron chi connectivity index (χ4n) is 10.9. The first kappa shape index (κ1) is 38.3. The van der Waals surface area contributed by atoms with Gasteiger partial charge >= 0.3 is 0 Å². The molecule has 0 fully saturated rings. The Morgan fingerprint density at radius 3 is 1.97 bits per heavy atom. The van der Waals surface area contributed by atoms with Gasteiger partial charge in [-0.3, -0.25) is 0 Å². The highest BCUT2D eigenvalue weighted by atomic mass is 15.2. The van der Waals surface area contributed by atoms with Crippen LogP contribution < -0.4 is 9.80 Å². The summed E-state index contributed by atoms with van der Waals surface area (Å²) < 4.78 is 2.56. The van der Waals surface area contributed by atoms with Gasteiger partial charge in [-0.1, -0.05) is 177 Å². The van der Waals surface area contributed by atoms with Crippen LogP contribution in [0.1, 0.15) is 60.6 Å². The number of para-hydroxylation sites is 3. The van der Waals surface area contributed by atoms with E-state index in [0.29, 0.717) is 11.8 Å². The van der Waals surface area contributed by atoms with Gasteiger partial charge in [0, 0.05) is 51.3 Å². The van der Waals surface area contributed by atoms with Gasteiger partial charge in [0.1, 0.15) is 0 Å². The summed E-state index contributed by atoms with van der Waals surface area (Å²) in [5.41, 5.74) is 16.4. The minimum atomic E-state index is 0.153. The summed E-state index contributed by atoms with van der Waals surface area (Å²) in [4.78, 5) is 5.05. The van der Waals surface area contributed by atoms with Crippen molar-refractivity contribution in [3.05, 3.63) is 258 Å². The third-order valence-electron chi connectivity index (χ3n) is 14.1. The largest absolute Gasteiger partial charge is 0.332 e. The van der Waals surface area contributed by atoms with Gasteiger partial charge in [0.05, 0.1) is 28.5 Å². The summed E-state index contributed by atoms with van der Waals surface area (Å²) in [6.07, 6.45) is 33.8. The van der Waals surface area contributed by atoms with Crippen LogP contribution in [0.5, 0.6) is 0 Å². The van der Waals surface area contributed by atoms with Gasteiger partial charge in [-0.25, -0.2) is 0 Å². The van der Waals surface area contributed by atoms with Crippen LogP contribution in [0.3, 0.4) is 0 Å². The average molecular weight is 826 g/mol. The number of fused-ring (bicyclic) bond motifs is 7. The van der Waals surface area contributed by atoms with Crippen LogP contribution >= 0.6 is 0 Å². The first-order valence-corrected chi connectivity index (χ1v) is 23.1. The summed E-state index contributed by atoms with van der Waals surface area (Å²) in [6, 6.07) is 54.1.